The first-order chi connectivity index (χ1) is 25.6. The quantitative estimate of drug-likeness (QED) is 0.118. The fraction of sp³-hybridized carbons (Fsp3) is 0.725. The van der Waals surface area contributed by atoms with Crippen molar-refractivity contribution in [2.24, 2.45) is 29.6 Å². The van der Waals surface area contributed by atoms with Crippen LogP contribution in [0.4, 0.5) is 4.79 Å². The number of ketones is 1. The van der Waals surface area contributed by atoms with E-state index in [1.165, 1.54) is 4.90 Å². The molecular weight excluding hydrogens is 690 g/mol. The molecule has 14 nitrogen and oxygen atoms in total. The minimum absolute atomic E-state index is 0.0469. The number of nitrogens with one attached hydrogen (secondary N) is 5. The number of carbonyl (C=O) groups excluding carboxylic acids is 7. The predicted octanol–water partition coefficient (Wildman–Crippen LogP) is 3.08. The van der Waals surface area contributed by atoms with E-state index < -0.39 is 60.2 Å². The lowest BCUT2D eigenvalue weighted by molar-refractivity contribution is -0.141. The van der Waals surface area contributed by atoms with Crippen molar-refractivity contribution in [2.45, 2.75) is 124 Å². The minimum atomic E-state index is -0.964. The number of rotatable bonds is 20. The Kier molecular flexibility index (Phi) is 19.4. The van der Waals surface area contributed by atoms with Crippen LogP contribution in [0.25, 0.3) is 0 Å². The van der Waals surface area contributed by atoms with Gasteiger partial charge in [0.15, 0.2) is 0 Å². The first-order valence-corrected chi connectivity index (χ1v) is 19.9. The summed E-state index contributed by atoms with van der Waals surface area (Å²) in [6.45, 7) is 14.0. The Morgan fingerprint density at radius 2 is 1.56 bits per heavy atom. The van der Waals surface area contributed by atoms with Crippen LogP contribution >= 0.6 is 0 Å². The summed E-state index contributed by atoms with van der Waals surface area (Å²) in [5.74, 6) is -3.41. The molecule has 0 aromatic carbocycles. The van der Waals surface area contributed by atoms with Crippen molar-refractivity contribution in [3.05, 3.63) is 24.3 Å². The van der Waals surface area contributed by atoms with Gasteiger partial charge in [-0.3, -0.25) is 28.8 Å². The second-order valence-electron chi connectivity index (χ2n) is 15.4. The lowest BCUT2D eigenvalue weighted by Gasteiger charge is -2.32. The van der Waals surface area contributed by atoms with Crippen molar-refractivity contribution in [1.29, 1.82) is 0 Å². The molecule has 0 bridgehead atoms. The summed E-state index contributed by atoms with van der Waals surface area (Å²) in [6, 6.07) is -3.63. The van der Waals surface area contributed by atoms with Gasteiger partial charge in [-0.05, 0) is 56.3 Å². The Bertz CT molecular complexity index is 1360. The van der Waals surface area contributed by atoms with Gasteiger partial charge in [0.2, 0.25) is 29.4 Å². The molecule has 7 atom stereocenters. The van der Waals surface area contributed by atoms with Gasteiger partial charge in [-0.15, -0.1) is 0 Å². The second kappa shape index (κ2) is 22.9. The van der Waals surface area contributed by atoms with Crippen LogP contribution in [0.5, 0.6) is 0 Å². The van der Waals surface area contributed by atoms with Gasteiger partial charge in [-0.2, -0.15) is 0 Å². The normalized spacial score (nSPS) is 20.4. The summed E-state index contributed by atoms with van der Waals surface area (Å²) in [6.07, 6.45) is 11.8. The van der Waals surface area contributed by atoms with E-state index in [1.807, 2.05) is 65.8 Å². The van der Waals surface area contributed by atoms with Crippen molar-refractivity contribution in [3.8, 4) is 0 Å². The van der Waals surface area contributed by atoms with Crippen LogP contribution in [0, 0.1) is 29.6 Å². The highest BCUT2D eigenvalue weighted by Gasteiger charge is 2.44. The number of Topliss-reactive ketones (excluding diaryl/α,β-unsaturated/α-hetero) is 1. The van der Waals surface area contributed by atoms with Gasteiger partial charge in [0, 0.05) is 45.6 Å². The first kappa shape index (κ1) is 45.9. The van der Waals surface area contributed by atoms with E-state index in [2.05, 4.69) is 26.6 Å². The Balaban J connectivity index is 2.20. The van der Waals surface area contributed by atoms with Crippen LogP contribution in [-0.2, 0) is 28.8 Å². The average molecular weight is 758 g/mol. The zero-order valence-electron chi connectivity index (χ0n) is 34.0. The summed E-state index contributed by atoms with van der Waals surface area (Å²) in [5, 5.41) is 13.7. The van der Waals surface area contributed by atoms with Gasteiger partial charge in [0.05, 0.1) is 6.54 Å². The third kappa shape index (κ3) is 13.9. The number of likely N-dealkylation sites (N-methyl/N-ethyl adjacent to an activating group) is 1. The molecular formula is C40H67N7O7. The fourth-order valence-electron chi connectivity index (χ4n) is 7.05. The Hall–Kier alpha value is -4.23. The number of amides is 7. The molecule has 1 saturated heterocycles. The van der Waals surface area contributed by atoms with Crippen LogP contribution in [0.3, 0.4) is 0 Å². The van der Waals surface area contributed by atoms with Gasteiger partial charge in [-0.25, -0.2) is 4.79 Å². The van der Waals surface area contributed by atoms with Gasteiger partial charge < -0.3 is 36.4 Å². The van der Waals surface area contributed by atoms with Crippen molar-refractivity contribution in [1.82, 2.24) is 36.4 Å². The molecule has 1 aliphatic heterocycles. The molecule has 7 amide bonds. The highest BCUT2D eigenvalue weighted by atomic mass is 16.2. The first-order valence-electron chi connectivity index (χ1n) is 19.9. The molecule has 1 heterocycles. The van der Waals surface area contributed by atoms with E-state index in [4.69, 9.17) is 0 Å². The van der Waals surface area contributed by atoms with Crippen molar-refractivity contribution in [2.75, 3.05) is 33.7 Å². The molecule has 0 radical (unpaired) electrons. The van der Waals surface area contributed by atoms with E-state index >= 15 is 0 Å². The molecule has 0 saturated carbocycles. The monoisotopic (exact) mass is 758 g/mol. The average Bonchev–Trinajstić information content (AvgIpc) is 3.43. The molecule has 2 aliphatic rings. The standard InChI is InChI=1S/C40H67N7O7/c1-10-26(7)34(45-40(54)41-13-4)39(53)47-24-29(25(5)6)21-31(47)36(50)43-30(20-27(11-2)12-3)22-32(48)37(51)42-23-33(49)44-35(38(52)46(8)9)28-18-16-14-15-17-19-28/h14-16,18,25-31,34-35H,10-13,17,19-24H2,1-9H3,(H,42,51)(H,43,50)(H,44,49)(H2,41,45,54)/t26?,28?,29-,30?,31?,34?,35?/m1/s1. The fourth-order valence-corrected chi connectivity index (χ4v) is 7.05. The molecule has 5 N–H and O–H groups in total. The lowest BCUT2D eigenvalue weighted by atomic mass is 9.91. The molecule has 1 aliphatic carbocycles. The summed E-state index contributed by atoms with van der Waals surface area (Å²) in [7, 11) is 3.22. The topological polar surface area (TPSA) is 186 Å². The summed E-state index contributed by atoms with van der Waals surface area (Å²) < 4.78 is 0. The minimum Gasteiger partial charge on any atom is -0.351 e. The summed E-state index contributed by atoms with van der Waals surface area (Å²) in [4.78, 5) is 96.0. The van der Waals surface area contributed by atoms with E-state index in [-0.39, 0.29) is 47.8 Å². The third-order valence-corrected chi connectivity index (χ3v) is 10.9. The molecule has 6 unspecified atom stereocenters. The van der Waals surface area contributed by atoms with Crippen LogP contribution in [0.15, 0.2) is 24.3 Å². The maximum absolute atomic E-state index is 14.1. The lowest BCUT2D eigenvalue weighted by Crippen LogP contribution is -2.57. The number of nitrogens with zero attached hydrogens (tertiary/aromatic N) is 2. The molecule has 14 heteroatoms. The molecule has 2 rings (SSSR count). The number of hydrogen-bond acceptors (Lipinski definition) is 7. The van der Waals surface area contributed by atoms with E-state index in [0.717, 1.165) is 19.3 Å². The summed E-state index contributed by atoms with van der Waals surface area (Å²) in [5.41, 5.74) is 0. The maximum Gasteiger partial charge on any atom is 0.315 e. The van der Waals surface area contributed by atoms with Crippen molar-refractivity contribution in [3.63, 3.8) is 0 Å². The van der Waals surface area contributed by atoms with E-state index in [9.17, 15) is 33.6 Å². The van der Waals surface area contributed by atoms with E-state index in [1.54, 1.807) is 25.9 Å². The van der Waals surface area contributed by atoms with Crippen LogP contribution in [0.2, 0.25) is 0 Å². The molecule has 0 aromatic rings. The highest BCUT2D eigenvalue weighted by Crippen LogP contribution is 2.31. The smallest absolute Gasteiger partial charge is 0.315 e. The Morgan fingerprint density at radius 3 is 2.15 bits per heavy atom. The van der Waals surface area contributed by atoms with Crippen molar-refractivity contribution >= 4 is 41.4 Å². The van der Waals surface area contributed by atoms with Gasteiger partial charge in [0.1, 0.15) is 18.1 Å². The largest absolute Gasteiger partial charge is 0.351 e. The molecule has 0 spiro atoms. The van der Waals surface area contributed by atoms with Crippen LogP contribution < -0.4 is 26.6 Å². The van der Waals surface area contributed by atoms with Gasteiger partial charge in [-0.1, -0.05) is 85.1 Å². The Morgan fingerprint density at radius 1 is 0.870 bits per heavy atom. The summed E-state index contributed by atoms with van der Waals surface area (Å²) >= 11 is 0. The second-order valence-corrected chi connectivity index (χ2v) is 15.4. The number of likely N-dealkylation sites (tertiary alicyclic amines) is 1. The number of urea groups is 1. The molecule has 304 valence electrons. The highest BCUT2D eigenvalue weighted by molar-refractivity contribution is 6.36. The SMILES string of the molecule is CCNC(=O)NC(C(=O)N1C[C@H](C(C)C)CC1C(=O)NC(CC(=O)C(=O)NCC(=O)NC(C(=O)N(C)C)C1C=CC=CCC1)CC(CC)CC)C(C)CC. The number of allylic oxidation sites excluding steroid dienone is 3. The van der Waals surface area contributed by atoms with Crippen LogP contribution in [0.1, 0.15) is 99.8 Å². The van der Waals surface area contributed by atoms with Crippen molar-refractivity contribution < 1.29 is 33.6 Å². The molecule has 54 heavy (non-hydrogen) atoms. The zero-order valence-corrected chi connectivity index (χ0v) is 34.0. The molecule has 0 aromatic heterocycles. The van der Waals surface area contributed by atoms with Gasteiger partial charge >= 0.3 is 6.03 Å². The van der Waals surface area contributed by atoms with E-state index in [0.29, 0.717) is 38.8 Å². The number of carbonyl (C=O) groups is 7. The zero-order chi connectivity index (χ0) is 40.5. The maximum atomic E-state index is 14.1. The molecule has 1 fully saturated rings. The predicted molar refractivity (Wildman–Crippen MR) is 209 cm³/mol. The van der Waals surface area contributed by atoms with Gasteiger partial charge in [0.25, 0.3) is 5.91 Å². The number of hydrogen-bond donors (Lipinski definition) is 5. The third-order valence-electron chi connectivity index (χ3n) is 10.9. The van der Waals surface area contributed by atoms with Crippen LogP contribution in [-0.4, -0.2) is 109 Å². The Labute approximate surface area is 322 Å².